The van der Waals surface area contributed by atoms with Crippen LogP contribution in [0.2, 0.25) is 0 Å². The highest BCUT2D eigenvalue weighted by Gasteiger charge is 2.16. The molecule has 0 radical (unpaired) electrons. The molecule has 21 heavy (non-hydrogen) atoms. The van der Waals surface area contributed by atoms with Gasteiger partial charge >= 0.3 is 0 Å². The first-order valence-corrected chi connectivity index (χ1v) is 7.33. The van der Waals surface area contributed by atoms with Crippen molar-refractivity contribution < 1.29 is 0 Å². The number of rotatable bonds is 2. The Labute approximate surface area is 129 Å². The minimum Gasteiger partial charge on any atom is -0.330 e. The monoisotopic (exact) mass is 314 g/mol. The number of nitriles is 1. The SMILES string of the molecule is Cc1ncc(-c2nc(-c3nccs3)[nH]c(=S)c2C#N)n1C. The van der Waals surface area contributed by atoms with Crippen LogP contribution in [0.1, 0.15) is 11.4 Å². The number of hydrogen-bond acceptors (Lipinski definition) is 6. The Morgan fingerprint density at radius 2 is 2.24 bits per heavy atom. The zero-order chi connectivity index (χ0) is 15.0. The van der Waals surface area contributed by atoms with Crippen molar-refractivity contribution in [3.8, 4) is 28.3 Å². The fourth-order valence-corrected chi connectivity index (χ4v) is 2.75. The Bertz CT molecular complexity index is 898. The second-order valence-corrected chi connectivity index (χ2v) is 5.64. The van der Waals surface area contributed by atoms with Gasteiger partial charge in [-0.2, -0.15) is 5.26 Å². The normalized spacial score (nSPS) is 10.5. The number of hydrogen-bond donors (Lipinski definition) is 1. The van der Waals surface area contributed by atoms with E-state index < -0.39 is 0 Å². The van der Waals surface area contributed by atoms with Gasteiger partial charge < -0.3 is 9.55 Å². The van der Waals surface area contributed by atoms with E-state index in [1.54, 1.807) is 12.4 Å². The lowest BCUT2D eigenvalue weighted by molar-refractivity contribution is 0.860. The average molecular weight is 314 g/mol. The standard InChI is InChI=1S/C13H10N6S2/c1-7-16-6-9(19(7)2)10-8(5-14)12(20)18-11(17-10)13-15-3-4-21-13/h3-4,6H,1-2H3,(H,17,18,20). The molecule has 3 rings (SSSR count). The highest BCUT2D eigenvalue weighted by molar-refractivity contribution is 7.71. The van der Waals surface area contributed by atoms with Crippen LogP contribution in [0.25, 0.3) is 22.2 Å². The fourth-order valence-electron chi connectivity index (χ4n) is 1.93. The van der Waals surface area contributed by atoms with E-state index >= 15 is 0 Å². The molecule has 0 spiro atoms. The van der Waals surface area contributed by atoms with Gasteiger partial charge in [0.2, 0.25) is 0 Å². The van der Waals surface area contributed by atoms with Gasteiger partial charge in [-0.05, 0) is 6.92 Å². The molecule has 0 saturated heterocycles. The number of aryl methyl sites for hydroxylation is 1. The number of aromatic amines is 1. The van der Waals surface area contributed by atoms with E-state index in [0.717, 1.165) is 16.5 Å². The molecule has 3 heterocycles. The predicted molar refractivity (Wildman–Crippen MR) is 82.2 cm³/mol. The summed E-state index contributed by atoms with van der Waals surface area (Å²) >= 11 is 6.73. The first-order valence-electron chi connectivity index (χ1n) is 6.04. The molecule has 104 valence electrons. The first-order chi connectivity index (χ1) is 10.1. The van der Waals surface area contributed by atoms with Gasteiger partial charge in [0.1, 0.15) is 27.8 Å². The Balaban J connectivity index is 2.31. The van der Waals surface area contributed by atoms with Crippen LogP contribution in [0, 0.1) is 22.9 Å². The molecule has 0 aliphatic rings. The maximum absolute atomic E-state index is 9.36. The third-order valence-corrected chi connectivity index (χ3v) is 4.22. The van der Waals surface area contributed by atoms with E-state index in [4.69, 9.17) is 12.2 Å². The first kappa shape index (κ1) is 13.6. The minimum absolute atomic E-state index is 0.341. The molecule has 0 unspecified atom stereocenters. The zero-order valence-electron chi connectivity index (χ0n) is 11.3. The second kappa shape index (κ2) is 5.20. The summed E-state index contributed by atoms with van der Waals surface area (Å²) in [5.41, 5.74) is 1.62. The molecule has 3 aromatic heterocycles. The third kappa shape index (κ3) is 2.26. The van der Waals surface area contributed by atoms with Crippen molar-refractivity contribution >= 4 is 23.6 Å². The van der Waals surface area contributed by atoms with Crippen LogP contribution in [-0.4, -0.2) is 24.5 Å². The van der Waals surface area contributed by atoms with Gasteiger partial charge in [-0.15, -0.1) is 11.3 Å². The van der Waals surface area contributed by atoms with Gasteiger partial charge in [0, 0.05) is 18.6 Å². The van der Waals surface area contributed by atoms with Gasteiger partial charge in [-0.1, -0.05) is 12.2 Å². The molecule has 0 aromatic carbocycles. The smallest absolute Gasteiger partial charge is 0.168 e. The number of thiazole rings is 1. The Morgan fingerprint density at radius 1 is 1.43 bits per heavy atom. The molecule has 0 saturated carbocycles. The summed E-state index contributed by atoms with van der Waals surface area (Å²) in [5.74, 6) is 1.40. The number of nitrogens with one attached hydrogen (secondary N) is 1. The summed E-state index contributed by atoms with van der Waals surface area (Å²) in [4.78, 5) is 16.0. The highest BCUT2D eigenvalue weighted by atomic mass is 32.1. The Kier molecular flexibility index (Phi) is 3.37. The third-order valence-electron chi connectivity index (χ3n) is 3.13. The van der Waals surface area contributed by atoms with Crippen LogP contribution in [0.15, 0.2) is 17.8 Å². The van der Waals surface area contributed by atoms with Crippen molar-refractivity contribution in [1.82, 2.24) is 24.5 Å². The highest BCUT2D eigenvalue weighted by Crippen LogP contribution is 2.26. The lowest BCUT2D eigenvalue weighted by Crippen LogP contribution is -2.02. The molecule has 0 fully saturated rings. The zero-order valence-corrected chi connectivity index (χ0v) is 12.9. The predicted octanol–water partition coefficient (Wildman–Crippen LogP) is 2.84. The van der Waals surface area contributed by atoms with E-state index in [2.05, 4.69) is 26.0 Å². The summed E-state index contributed by atoms with van der Waals surface area (Å²) < 4.78 is 2.23. The Hall–Kier alpha value is -2.37. The van der Waals surface area contributed by atoms with Crippen LogP contribution in [-0.2, 0) is 7.05 Å². The molecule has 6 nitrogen and oxygen atoms in total. The summed E-state index contributed by atoms with van der Waals surface area (Å²) in [6.07, 6.45) is 3.39. The maximum atomic E-state index is 9.36. The number of nitrogens with zero attached hydrogens (tertiary/aromatic N) is 5. The number of imidazole rings is 1. The summed E-state index contributed by atoms with van der Waals surface area (Å²) in [5, 5.41) is 11.9. The van der Waals surface area contributed by atoms with Gasteiger partial charge in [-0.25, -0.2) is 15.0 Å². The lowest BCUT2D eigenvalue weighted by atomic mass is 10.2. The van der Waals surface area contributed by atoms with E-state index in [0.29, 0.717) is 21.7 Å². The van der Waals surface area contributed by atoms with Gasteiger partial charge in [0.25, 0.3) is 0 Å². The summed E-state index contributed by atoms with van der Waals surface area (Å²) in [6.45, 7) is 1.89. The maximum Gasteiger partial charge on any atom is 0.168 e. The molecule has 1 N–H and O–H groups in total. The average Bonchev–Trinajstić information content (AvgIpc) is 3.10. The number of aromatic nitrogens is 5. The minimum atomic E-state index is 0.341. The number of H-pyrrole nitrogens is 1. The van der Waals surface area contributed by atoms with Crippen LogP contribution in [0.5, 0.6) is 0 Å². The van der Waals surface area contributed by atoms with E-state index in [1.165, 1.54) is 11.3 Å². The van der Waals surface area contributed by atoms with Gasteiger partial charge in [0.05, 0.1) is 11.9 Å². The van der Waals surface area contributed by atoms with Crippen molar-refractivity contribution in [3.63, 3.8) is 0 Å². The fraction of sp³-hybridized carbons (Fsp3) is 0.154. The lowest BCUT2D eigenvalue weighted by Gasteiger charge is -2.07. The van der Waals surface area contributed by atoms with Crippen molar-refractivity contribution in [2.24, 2.45) is 7.05 Å². The molecule has 0 atom stereocenters. The van der Waals surface area contributed by atoms with E-state index in [1.807, 2.05) is 23.9 Å². The van der Waals surface area contributed by atoms with Crippen molar-refractivity contribution in [2.75, 3.05) is 0 Å². The topological polar surface area (TPSA) is 83.2 Å². The van der Waals surface area contributed by atoms with Crippen LogP contribution in [0.3, 0.4) is 0 Å². The van der Waals surface area contributed by atoms with Crippen molar-refractivity contribution in [1.29, 1.82) is 5.26 Å². The second-order valence-electron chi connectivity index (χ2n) is 4.34. The molecule has 0 amide bonds. The molecule has 0 aliphatic carbocycles. The molecule has 3 aromatic rings. The molecule has 8 heteroatoms. The summed E-state index contributed by atoms with van der Waals surface area (Å²) in [7, 11) is 1.88. The molecular weight excluding hydrogens is 304 g/mol. The van der Waals surface area contributed by atoms with E-state index in [9.17, 15) is 5.26 Å². The summed E-state index contributed by atoms with van der Waals surface area (Å²) in [6, 6.07) is 2.12. The molecule has 0 bridgehead atoms. The quantitative estimate of drug-likeness (QED) is 0.735. The Morgan fingerprint density at radius 3 is 2.81 bits per heavy atom. The largest absolute Gasteiger partial charge is 0.330 e. The van der Waals surface area contributed by atoms with Crippen molar-refractivity contribution in [3.05, 3.63) is 33.8 Å². The van der Waals surface area contributed by atoms with E-state index in [-0.39, 0.29) is 0 Å². The van der Waals surface area contributed by atoms with Gasteiger partial charge in [0.15, 0.2) is 10.8 Å². The molecular formula is C13H10N6S2. The van der Waals surface area contributed by atoms with Gasteiger partial charge in [-0.3, -0.25) is 0 Å². The van der Waals surface area contributed by atoms with Crippen LogP contribution < -0.4 is 0 Å². The molecule has 0 aliphatic heterocycles. The van der Waals surface area contributed by atoms with Crippen LogP contribution in [0.4, 0.5) is 0 Å². The van der Waals surface area contributed by atoms with Crippen LogP contribution >= 0.6 is 23.6 Å². The van der Waals surface area contributed by atoms with Crippen molar-refractivity contribution in [2.45, 2.75) is 6.92 Å².